The molecule has 14 heavy (non-hydrogen) atoms. The summed E-state index contributed by atoms with van der Waals surface area (Å²) in [6, 6.07) is 0.0253. The van der Waals surface area contributed by atoms with Gasteiger partial charge in [-0.3, -0.25) is 0 Å². The van der Waals surface area contributed by atoms with Gasteiger partial charge in [-0.05, 0) is 34.6 Å². The summed E-state index contributed by atoms with van der Waals surface area (Å²) in [6.07, 6.45) is 0.262. The zero-order chi connectivity index (χ0) is 11.2. The van der Waals surface area contributed by atoms with Crippen LogP contribution in [0.5, 0.6) is 0 Å². The number of ether oxygens (including phenoxy) is 1. The van der Waals surface area contributed by atoms with Crippen molar-refractivity contribution in [3.8, 4) is 11.8 Å². The van der Waals surface area contributed by atoms with Gasteiger partial charge in [-0.2, -0.15) is 0 Å². The molecule has 0 aromatic rings. The maximum atomic E-state index is 11.3. The van der Waals surface area contributed by atoms with E-state index in [0.717, 1.165) is 0 Å². The van der Waals surface area contributed by atoms with E-state index in [1.807, 2.05) is 27.7 Å². The lowest BCUT2D eigenvalue weighted by Crippen LogP contribution is -2.37. The average molecular weight is 197 g/mol. The largest absolute Gasteiger partial charge is 0.444 e. The molecular weight excluding hydrogens is 178 g/mol. The van der Waals surface area contributed by atoms with Gasteiger partial charge in [-0.25, -0.2) is 4.79 Å². The van der Waals surface area contributed by atoms with Gasteiger partial charge in [0.05, 0.1) is 0 Å². The van der Waals surface area contributed by atoms with Crippen molar-refractivity contribution < 1.29 is 9.53 Å². The Bertz CT molecular complexity index is 242. The van der Waals surface area contributed by atoms with Crippen molar-refractivity contribution >= 4 is 6.09 Å². The first kappa shape index (κ1) is 12.8. The molecule has 0 bridgehead atoms. The molecule has 0 aliphatic heterocycles. The summed E-state index contributed by atoms with van der Waals surface area (Å²) < 4.78 is 5.09. The third-order valence-electron chi connectivity index (χ3n) is 1.35. The Morgan fingerprint density at radius 2 is 2.07 bits per heavy atom. The van der Waals surface area contributed by atoms with Crippen molar-refractivity contribution in [2.45, 2.75) is 52.7 Å². The molecule has 3 nitrogen and oxygen atoms in total. The van der Waals surface area contributed by atoms with Gasteiger partial charge >= 0.3 is 6.09 Å². The number of rotatable bonds is 2. The molecule has 0 aromatic heterocycles. The topological polar surface area (TPSA) is 38.3 Å². The number of alkyl carbamates (subject to hydrolysis) is 1. The second-order valence-electron chi connectivity index (χ2n) is 4.18. The first-order valence-corrected chi connectivity index (χ1v) is 4.74. The van der Waals surface area contributed by atoms with Crippen molar-refractivity contribution in [3.63, 3.8) is 0 Å². The van der Waals surface area contributed by atoms with Crippen LogP contribution in [0.2, 0.25) is 0 Å². The molecule has 0 fully saturated rings. The maximum Gasteiger partial charge on any atom is 0.407 e. The van der Waals surface area contributed by atoms with E-state index < -0.39 is 5.60 Å². The zero-order valence-electron chi connectivity index (χ0n) is 9.60. The van der Waals surface area contributed by atoms with Crippen LogP contribution in [0.3, 0.4) is 0 Å². The van der Waals surface area contributed by atoms with Crippen molar-refractivity contribution in [1.29, 1.82) is 0 Å². The van der Waals surface area contributed by atoms with E-state index in [-0.39, 0.29) is 12.1 Å². The Morgan fingerprint density at radius 1 is 1.50 bits per heavy atom. The number of hydrogen-bond donors (Lipinski definition) is 1. The van der Waals surface area contributed by atoms with Crippen LogP contribution in [-0.2, 0) is 4.74 Å². The highest BCUT2D eigenvalue weighted by molar-refractivity contribution is 5.68. The van der Waals surface area contributed by atoms with Crippen LogP contribution in [0.25, 0.3) is 0 Å². The van der Waals surface area contributed by atoms with Gasteiger partial charge in [-0.15, -0.1) is 11.8 Å². The van der Waals surface area contributed by atoms with Crippen molar-refractivity contribution in [3.05, 3.63) is 0 Å². The molecule has 0 aliphatic carbocycles. The molecule has 1 amide bonds. The van der Waals surface area contributed by atoms with Crippen LogP contribution >= 0.6 is 0 Å². The third-order valence-corrected chi connectivity index (χ3v) is 1.35. The number of nitrogens with one attached hydrogen (secondary N) is 1. The van der Waals surface area contributed by atoms with E-state index in [4.69, 9.17) is 4.74 Å². The predicted molar refractivity (Wildman–Crippen MR) is 56.9 cm³/mol. The fourth-order valence-corrected chi connectivity index (χ4v) is 0.815. The standard InChI is InChI=1S/C11H19NO2/c1-6-7-8-9(2)12-10(13)14-11(3,4)5/h9H,8H2,1-5H3,(H,12,13). The molecule has 1 N–H and O–H groups in total. The van der Waals surface area contributed by atoms with E-state index in [0.29, 0.717) is 6.42 Å². The molecule has 0 aromatic carbocycles. The highest BCUT2D eigenvalue weighted by Crippen LogP contribution is 2.06. The summed E-state index contributed by atoms with van der Waals surface area (Å²) in [6.45, 7) is 9.18. The summed E-state index contributed by atoms with van der Waals surface area (Å²) in [5, 5.41) is 2.71. The second-order valence-corrected chi connectivity index (χ2v) is 4.18. The maximum absolute atomic E-state index is 11.3. The summed E-state index contributed by atoms with van der Waals surface area (Å²) >= 11 is 0. The lowest BCUT2D eigenvalue weighted by Gasteiger charge is -2.21. The quantitative estimate of drug-likeness (QED) is 0.690. The van der Waals surface area contributed by atoms with Crippen LogP contribution < -0.4 is 5.32 Å². The summed E-state index contributed by atoms with van der Waals surface area (Å²) in [5.74, 6) is 5.67. The highest BCUT2D eigenvalue weighted by atomic mass is 16.6. The normalized spacial score (nSPS) is 12.4. The van der Waals surface area contributed by atoms with E-state index in [2.05, 4.69) is 17.2 Å². The van der Waals surface area contributed by atoms with Gasteiger partial charge in [0.25, 0.3) is 0 Å². The first-order valence-electron chi connectivity index (χ1n) is 4.74. The second kappa shape index (κ2) is 5.54. The lowest BCUT2D eigenvalue weighted by atomic mass is 10.2. The molecule has 1 unspecified atom stereocenters. The van der Waals surface area contributed by atoms with Crippen LogP contribution in [0.4, 0.5) is 4.79 Å². The molecule has 0 rings (SSSR count). The molecule has 1 atom stereocenters. The van der Waals surface area contributed by atoms with Gasteiger partial charge < -0.3 is 10.1 Å². The van der Waals surface area contributed by atoms with E-state index in [1.54, 1.807) is 6.92 Å². The molecular formula is C11H19NO2. The molecule has 0 saturated carbocycles. The van der Waals surface area contributed by atoms with Gasteiger partial charge in [0.2, 0.25) is 0 Å². The summed E-state index contributed by atoms with van der Waals surface area (Å²) in [7, 11) is 0. The fraction of sp³-hybridized carbons (Fsp3) is 0.727. The Hall–Kier alpha value is -1.17. The zero-order valence-corrected chi connectivity index (χ0v) is 9.60. The van der Waals surface area contributed by atoms with Crippen LogP contribution in [0.15, 0.2) is 0 Å². The van der Waals surface area contributed by atoms with E-state index >= 15 is 0 Å². The molecule has 0 aliphatic rings. The monoisotopic (exact) mass is 197 g/mol. The Balaban J connectivity index is 3.87. The number of hydrogen-bond acceptors (Lipinski definition) is 2. The minimum atomic E-state index is -0.444. The van der Waals surface area contributed by atoms with Crippen molar-refractivity contribution in [2.75, 3.05) is 0 Å². The Morgan fingerprint density at radius 3 is 2.50 bits per heavy atom. The van der Waals surface area contributed by atoms with E-state index in [1.165, 1.54) is 0 Å². The van der Waals surface area contributed by atoms with Gasteiger partial charge in [0.1, 0.15) is 5.60 Å². The smallest absolute Gasteiger partial charge is 0.407 e. The number of amides is 1. The van der Waals surface area contributed by atoms with Crippen LogP contribution in [0, 0.1) is 11.8 Å². The van der Waals surface area contributed by atoms with E-state index in [9.17, 15) is 4.79 Å². The Kier molecular flexibility index (Phi) is 5.07. The predicted octanol–water partition coefficient (Wildman–Crippen LogP) is 2.31. The molecule has 80 valence electrons. The fourth-order valence-electron chi connectivity index (χ4n) is 0.815. The lowest BCUT2D eigenvalue weighted by molar-refractivity contribution is 0.0509. The Labute approximate surface area is 86.2 Å². The SMILES string of the molecule is CC#CCC(C)NC(=O)OC(C)(C)C. The number of carbonyl (C=O) groups excluding carboxylic acids is 1. The minimum absolute atomic E-state index is 0.0253. The number of carbonyl (C=O) groups is 1. The highest BCUT2D eigenvalue weighted by Gasteiger charge is 2.16. The molecule has 0 heterocycles. The molecule has 3 heteroatoms. The van der Waals surface area contributed by atoms with Gasteiger partial charge in [0, 0.05) is 12.5 Å². The van der Waals surface area contributed by atoms with Crippen LogP contribution in [-0.4, -0.2) is 17.7 Å². The first-order chi connectivity index (χ1) is 6.35. The molecule has 0 radical (unpaired) electrons. The van der Waals surface area contributed by atoms with Crippen molar-refractivity contribution in [1.82, 2.24) is 5.32 Å². The van der Waals surface area contributed by atoms with Crippen LogP contribution in [0.1, 0.15) is 41.0 Å². The molecule has 0 spiro atoms. The summed E-state index contributed by atoms with van der Waals surface area (Å²) in [5.41, 5.74) is -0.444. The molecule has 0 saturated heterocycles. The van der Waals surface area contributed by atoms with Gasteiger partial charge in [-0.1, -0.05) is 0 Å². The van der Waals surface area contributed by atoms with Gasteiger partial charge in [0.15, 0.2) is 0 Å². The third kappa shape index (κ3) is 7.48. The minimum Gasteiger partial charge on any atom is -0.444 e. The van der Waals surface area contributed by atoms with Crippen molar-refractivity contribution in [2.24, 2.45) is 0 Å². The summed E-state index contributed by atoms with van der Waals surface area (Å²) in [4.78, 5) is 11.3. The average Bonchev–Trinajstić information content (AvgIpc) is 1.96.